The molecule has 0 aliphatic heterocycles. The van der Waals surface area contributed by atoms with E-state index in [0.29, 0.717) is 6.42 Å². The van der Waals surface area contributed by atoms with E-state index >= 15 is 0 Å². The molecule has 0 aromatic heterocycles. The first-order chi connectivity index (χ1) is 9.33. The van der Waals surface area contributed by atoms with Gasteiger partial charge in [0, 0.05) is 6.42 Å². The highest BCUT2D eigenvalue weighted by atomic mass is 19.4. The third-order valence-corrected chi connectivity index (χ3v) is 2.93. The molecule has 1 aromatic carbocycles. The molecule has 0 saturated carbocycles. The number of hydrogen-bond acceptors (Lipinski definition) is 2. The third kappa shape index (κ3) is 5.61. The van der Waals surface area contributed by atoms with Gasteiger partial charge >= 0.3 is 6.18 Å². The second kappa shape index (κ2) is 7.28. The molecule has 3 nitrogen and oxygen atoms in total. The smallest absolute Gasteiger partial charge is 0.383 e. The SMILES string of the molecule is CC[C@H](NC(=O)C(O)CCC(F)(F)F)c1ccccc1. The fourth-order valence-electron chi connectivity index (χ4n) is 1.81. The number of nitrogens with one attached hydrogen (secondary N) is 1. The number of benzene rings is 1. The Morgan fingerprint density at radius 2 is 1.90 bits per heavy atom. The van der Waals surface area contributed by atoms with Crippen molar-refractivity contribution in [1.29, 1.82) is 0 Å². The van der Waals surface area contributed by atoms with E-state index in [9.17, 15) is 23.1 Å². The number of aliphatic hydroxyl groups is 1. The Balaban J connectivity index is 2.55. The van der Waals surface area contributed by atoms with Crippen LogP contribution in [0.25, 0.3) is 0 Å². The molecule has 1 aromatic rings. The zero-order chi connectivity index (χ0) is 15.2. The van der Waals surface area contributed by atoms with Gasteiger partial charge in [0.1, 0.15) is 6.10 Å². The van der Waals surface area contributed by atoms with Crippen LogP contribution in [0.15, 0.2) is 30.3 Å². The molecule has 1 rings (SSSR count). The fourth-order valence-corrected chi connectivity index (χ4v) is 1.81. The van der Waals surface area contributed by atoms with E-state index in [1.54, 1.807) is 0 Å². The van der Waals surface area contributed by atoms with Crippen molar-refractivity contribution in [3.8, 4) is 0 Å². The van der Waals surface area contributed by atoms with Gasteiger partial charge in [-0.1, -0.05) is 37.3 Å². The largest absolute Gasteiger partial charge is 0.389 e. The first-order valence-electron chi connectivity index (χ1n) is 6.43. The Morgan fingerprint density at radius 1 is 1.30 bits per heavy atom. The van der Waals surface area contributed by atoms with E-state index in [1.807, 2.05) is 37.3 Å². The summed E-state index contributed by atoms with van der Waals surface area (Å²) in [7, 11) is 0. The molecule has 0 heterocycles. The van der Waals surface area contributed by atoms with Gasteiger partial charge in [-0.15, -0.1) is 0 Å². The van der Waals surface area contributed by atoms with E-state index in [0.717, 1.165) is 5.56 Å². The Labute approximate surface area is 115 Å². The molecule has 0 saturated heterocycles. The van der Waals surface area contributed by atoms with Crippen LogP contribution in [0.3, 0.4) is 0 Å². The average molecular weight is 289 g/mol. The standard InChI is InChI=1S/C14H18F3NO2/c1-2-11(10-6-4-3-5-7-10)18-13(20)12(19)8-9-14(15,16)17/h3-7,11-12,19H,2,8-9H2,1H3,(H,18,20)/t11-,12?/m0/s1. The van der Waals surface area contributed by atoms with Crippen LogP contribution in [0.1, 0.15) is 37.8 Å². The summed E-state index contributed by atoms with van der Waals surface area (Å²) < 4.78 is 36.1. The first kappa shape index (κ1) is 16.5. The lowest BCUT2D eigenvalue weighted by Crippen LogP contribution is -2.37. The predicted molar refractivity (Wildman–Crippen MR) is 68.9 cm³/mol. The van der Waals surface area contributed by atoms with Crippen molar-refractivity contribution < 1.29 is 23.1 Å². The van der Waals surface area contributed by atoms with Crippen LogP contribution in [0.2, 0.25) is 0 Å². The highest BCUT2D eigenvalue weighted by Gasteiger charge is 2.30. The summed E-state index contributed by atoms with van der Waals surface area (Å²) in [6.07, 6.45) is -7.23. The number of hydrogen-bond donors (Lipinski definition) is 2. The molecule has 20 heavy (non-hydrogen) atoms. The number of carbonyl (C=O) groups is 1. The topological polar surface area (TPSA) is 49.3 Å². The van der Waals surface area contributed by atoms with E-state index in [-0.39, 0.29) is 6.04 Å². The molecule has 6 heteroatoms. The van der Waals surface area contributed by atoms with Crippen molar-refractivity contribution in [2.45, 2.75) is 44.5 Å². The van der Waals surface area contributed by atoms with Gasteiger partial charge in [0.05, 0.1) is 6.04 Å². The number of alkyl halides is 3. The summed E-state index contributed by atoms with van der Waals surface area (Å²) in [4.78, 5) is 11.7. The number of rotatable bonds is 6. The van der Waals surface area contributed by atoms with Crippen molar-refractivity contribution in [3.63, 3.8) is 0 Å². The molecular weight excluding hydrogens is 271 g/mol. The van der Waals surface area contributed by atoms with Crippen LogP contribution in [0, 0.1) is 0 Å². The van der Waals surface area contributed by atoms with Gasteiger partial charge in [-0.2, -0.15) is 13.2 Å². The van der Waals surface area contributed by atoms with Crippen molar-refractivity contribution >= 4 is 5.91 Å². The molecule has 0 radical (unpaired) electrons. The summed E-state index contributed by atoms with van der Waals surface area (Å²) in [5.41, 5.74) is 0.853. The molecule has 0 aliphatic carbocycles. The molecule has 0 aliphatic rings. The van der Waals surface area contributed by atoms with Gasteiger partial charge in [-0.25, -0.2) is 0 Å². The average Bonchev–Trinajstić information content (AvgIpc) is 2.42. The van der Waals surface area contributed by atoms with E-state index in [1.165, 1.54) is 0 Å². The molecule has 2 N–H and O–H groups in total. The lowest BCUT2D eigenvalue weighted by atomic mass is 10.0. The van der Waals surface area contributed by atoms with Crippen LogP contribution in [0.5, 0.6) is 0 Å². The fraction of sp³-hybridized carbons (Fsp3) is 0.500. The monoisotopic (exact) mass is 289 g/mol. The zero-order valence-corrected chi connectivity index (χ0v) is 11.2. The molecule has 1 amide bonds. The normalized spacial score (nSPS) is 14.7. The predicted octanol–water partition coefficient (Wildman–Crippen LogP) is 2.96. The maximum absolute atomic E-state index is 12.0. The second-order valence-electron chi connectivity index (χ2n) is 4.55. The molecule has 1 unspecified atom stereocenters. The summed E-state index contributed by atoms with van der Waals surface area (Å²) >= 11 is 0. The summed E-state index contributed by atoms with van der Waals surface area (Å²) in [5.74, 6) is -0.773. The zero-order valence-electron chi connectivity index (χ0n) is 11.2. The highest BCUT2D eigenvalue weighted by molar-refractivity contribution is 5.80. The molecule has 0 bridgehead atoms. The molecule has 2 atom stereocenters. The van der Waals surface area contributed by atoms with Crippen LogP contribution in [0.4, 0.5) is 13.2 Å². The Bertz CT molecular complexity index is 420. The molecule has 0 spiro atoms. The van der Waals surface area contributed by atoms with Crippen molar-refractivity contribution in [1.82, 2.24) is 5.32 Å². The minimum absolute atomic E-state index is 0.316. The minimum Gasteiger partial charge on any atom is -0.383 e. The Kier molecular flexibility index (Phi) is 6.01. The molecule has 0 fully saturated rings. The first-order valence-corrected chi connectivity index (χ1v) is 6.43. The number of carbonyl (C=O) groups excluding carboxylic acids is 1. The van der Waals surface area contributed by atoms with Crippen LogP contribution >= 0.6 is 0 Å². The van der Waals surface area contributed by atoms with Crippen molar-refractivity contribution in [2.75, 3.05) is 0 Å². The van der Waals surface area contributed by atoms with Crippen LogP contribution in [-0.4, -0.2) is 23.3 Å². The van der Waals surface area contributed by atoms with Gasteiger partial charge in [-0.05, 0) is 18.4 Å². The van der Waals surface area contributed by atoms with Crippen molar-refractivity contribution in [2.24, 2.45) is 0 Å². The quantitative estimate of drug-likeness (QED) is 0.846. The van der Waals surface area contributed by atoms with Crippen molar-refractivity contribution in [3.05, 3.63) is 35.9 Å². The maximum atomic E-state index is 12.0. The van der Waals surface area contributed by atoms with Gasteiger partial charge < -0.3 is 10.4 Å². The van der Waals surface area contributed by atoms with E-state index in [4.69, 9.17) is 0 Å². The highest BCUT2D eigenvalue weighted by Crippen LogP contribution is 2.23. The van der Waals surface area contributed by atoms with E-state index in [2.05, 4.69) is 5.32 Å². The Morgan fingerprint density at radius 3 is 2.40 bits per heavy atom. The summed E-state index contributed by atoms with van der Waals surface area (Å²) in [6, 6.07) is 8.77. The summed E-state index contributed by atoms with van der Waals surface area (Å²) in [5, 5.41) is 12.0. The maximum Gasteiger partial charge on any atom is 0.389 e. The van der Waals surface area contributed by atoms with Gasteiger partial charge in [0.15, 0.2) is 0 Å². The molecule has 112 valence electrons. The lowest BCUT2D eigenvalue weighted by Gasteiger charge is -2.20. The summed E-state index contributed by atoms with van der Waals surface area (Å²) in [6.45, 7) is 1.85. The number of aliphatic hydroxyl groups excluding tert-OH is 1. The number of amides is 1. The Hall–Kier alpha value is -1.56. The van der Waals surface area contributed by atoms with Gasteiger partial charge in [-0.3, -0.25) is 4.79 Å². The molecular formula is C14H18F3NO2. The lowest BCUT2D eigenvalue weighted by molar-refractivity contribution is -0.145. The number of halogens is 3. The minimum atomic E-state index is -4.37. The van der Waals surface area contributed by atoms with Crippen LogP contribution < -0.4 is 5.32 Å². The third-order valence-electron chi connectivity index (χ3n) is 2.93. The van der Waals surface area contributed by atoms with Gasteiger partial charge in [0.25, 0.3) is 0 Å². The van der Waals surface area contributed by atoms with Crippen LogP contribution in [-0.2, 0) is 4.79 Å². The second-order valence-corrected chi connectivity index (χ2v) is 4.55. The van der Waals surface area contributed by atoms with E-state index < -0.39 is 31.0 Å². The van der Waals surface area contributed by atoms with Gasteiger partial charge in [0.2, 0.25) is 5.91 Å².